The van der Waals surface area contributed by atoms with Gasteiger partial charge in [-0.05, 0) is 18.2 Å². The first-order valence-corrected chi connectivity index (χ1v) is 6.34. The average Bonchev–Trinajstić information content (AvgIpc) is 3.04. The number of amides is 2. The van der Waals surface area contributed by atoms with E-state index in [1.54, 1.807) is 18.4 Å². The second-order valence-electron chi connectivity index (χ2n) is 3.81. The molecule has 100 valence electrons. The van der Waals surface area contributed by atoms with Crippen LogP contribution in [-0.4, -0.2) is 23.5 Å². The van der Waals surface area contributed by atoms with E-state index in [9.17, 15) is 14.7 Å². The molecule has 4 N–H and O–H groups in total. The second-order valence-corrected chi connectivity index (χ2v) is 4.75. The number of nitrogens with two attached hydrogens (primary N) is 1. The molecule has 19 heavy (non-hydrogen) atoms. The largest absolute Gasteiger partial charge is 0.464 e. The Morgan fingerprint density at radius 3 is 2.95 bits per heavy atom. The van der Waals surface area contributed by atoms with E-state index < -0.39 is 17.9 Å². The summed E-state index contributed by atoms with van der Waals surface area (Å²) in [6.07, 6.45) is 0.674. The molecule has 6 nitrogen and oxygen atoms in total. The third-order valence-electron chi connectivity index (χ3n) is 2.43. The van der Waals surface area contributed by atoms with E-state index in [4.69, 9.17) is 10.2 Å². The van der Waals surface area contributed by atoms with E-state index in [1.165, 1.54) is 11.3 Å². The summed E-state index contributed by atoms with van der Waals surface area (Å²) in [5.41, 5.74) is 5.64. The Kier molecular flexibility index (Phi) is 3.98. The molecule has 0 fully saturated rings. The smallest absolute Gasteiger partial charge is 0.309 e. The van der Waals surface area contributed by atoms with Gasteiger partial charge >= 0.3 is 11.8 Å². The highest BCUT2D eigenvalue weighted by Gasteiger charge is 2.15. The van der Waals surface area contributed by atoms with E-state index >= 15 is 0 Å². The number of furan rings is 1. The first kappa shape index (κ1) is 13.3. The summed E-state index contributed by atoms with van der Waals surface area (Å²) in [5, 5.41) is 14.0. The average molecular weight is 280 g/mol. The van der Waals surface area contributed by atoms with Gasteiger partial charge in [-0.3, -0.25) is 9.59 Å². The fourth-order valence-electron chi connectivity index (χ4n) is 1.48. The number of hydrogen-bond donors (Lipinski definition) is 3. The lowest BCUT2D eigenvalue weighted by molar-refractivity contribution is -0.137. The summed E-state index contributed by atoms with van der Waals surface area (Å²) in [4.78, 5) is 22.2. The van der Waals surface area contributed by atoms with Gasteiger partial charge in [-0.1, -0.05) is 0 Å². The van der Waals surface area contributed by atoms with Crippen molar-refractivity contribution >= 4 is 23.2 Å². The molecule has 0 aliphatic carbocycles. The predicted molar refractivity (Wildman–Crippen MR) is 69.2 cm³/mol. The number of primary amides is 1. The van der Waals surface area contributed by atoms with Gasteiger partial charge in [0.15, 0.2) is 0 Å². The zero-order valence-electron chi connectivity index (χ0n) is 9.83. The molecule has 1 unspecified atom stereocenters. The summed E-state index contributed by atoms with van der Waals surface area (Å²) in [6.45, 7) is -0.0696. The maximum Gasteiger partial charge on any atom is 0.309 e. The molecule has 2 aromatic rings. The molecule has 0 saturated carbocycles. The molecule has 2 aromatic heterocycles. The van der Waals surface area contributed by atoms with Crippen LogP contribution in [0.3, 0.4) is 0 Å². The zero-order valence-corrected chi connectivity index (χ0v) is 10.6. The van der Waals surface area contributed by atoms with Gasteiger partial charge < -0.3 is 20.6 Å². The van der Waals surface area contributed by atoms with Crippen molar-refractivity contribution in [3.63, 3.8) is 0 Å². The fourth-order valence-corrected chi connectivity index (χ4v) is 2.36. The third kappa shape index (κ3) is 3.21. The highest BCUT2D eigenvalue weighted by molar-refractivity contribution is 7.10. The van der Waals surface area contributed by atoms with E-state index in [2.05, 4.69) is 5.32 Å². The highest BCUT2D eigenvalue weighted by atomic mass is 32.1. The maximum absolute atomic E-state index is 11.0. The van der Waals surface area contributed by atoms with Gasteiger partial charge in [0.1, 0.15) is 11.9 Å². The summed E-state index contributed by atoms with van der Waals surface area (Å²) < 4.78 is 5.24. The van der Waals surface area contributed by atoms with Crippen molar-refractivity contribution in [2.24, 2.45) is 5.73 Å². The molecule has 1 atom stereocenters. The van der Waals surface area contributed by atoms with E-state index in [1.807, 2.05) is 11.4 Å². The minimum Gasteiger partial charge on any atom is -0.464 e. The molecular weight excluding hydrogens is 268 g/mol. The van der Waals surface area contributed by atoms with Gasteiger partial charge in [0.05, 0.1) is 6.26 Å². The number of rotatable bonds is 4. The van der Waals surface area contributed by atoms with Crippen molar-refractivity contribution in [3.05, 3.63) is 34.7 Å². The molecule has 0 aromatic carbocycles. The molecule has 0 radical (unpaired) electrons. The fraction of sp³-hybridized carbons (Fsp3) is 0.167. The zero-order chi connectivity index (χ0) is 13.8. The van der Waals surface area contributed by atoms with E-state index in [-0.39, 0.29) is 6.54 Å². The molecule has 0 saturated heterocycles. The molecule has 0 aliphatic heterocycles. The number of carbonyl (C=O) groups excluding carboxylic acids is 2. The molecule has 0 aliphatic rings. The number of thiophene rings is 1. The molecule has 0 bridgehead atoms. The van der Waals surface area contributed by atoms with Crippen molar-refractivity contribution < 1.29 is 19.1 Å². The number of hydrogen-bond acceptors (Lipinski definition) is 5. The van der Waals surface area contributed by atoms with Crippen LogP contribution >= 0.6 is 11.3 Å². The number of aliphatic hydroxyl groups is 1. The Balaban J connectivity index is 1.98. The Morgan fingerprint density at radius 1 is 1.53 bits per heavy atom. The maximum atomic E-state index is 11.0. The van der Waals surface area contributed by atoms with Crippen molar-refractivity contribution in [2.45, 2.75) is 6.10 Å². The van der Waals surface area contributed by atoms with Gasteiger partial charge in [-0.2, -0.15) is 0 Å². The minimum absolute atomic E-state index is 0.0696. The Labute approximate surface area is 112 Å². The first-order chi connectivity index (χ1) is 9.08. The van der Waals surface area contributed by atoms with Crippen LogP contribution in [0.2, 0.25) is 0 Å². The van der Waals surface area contributed by atoms with Crippen LogP contribution in [-0.2, 0) is 9.59 Å². The number of carbonyl (C=O) groups is 2. The minimum atomic E-state index is -1.07. The molecule has 2 rings (SSSR count). The summed E-state index contributed by atoms with van der Waals surface area (Å²) in [7, 11) is 0. The van der Waals surface area contributed by atoms with Gasteiger partial charge in [0.2, 0.25) is 0 Å². The SMILES string of the molecule is NC(=O)C(=O)NCC(O)c1cc(-c2ccco2)cs1. The Hall–Kier alpha value is -2.12. The van der Waals surface area contributed by atoms with Gasteiger partial charge in [-0.25, -0.2) is 0 Å². The van der Waals surface area contributed by atoms with Crippen molar-refractivity contribution in [3.8, 4) is 11.3 Å². The summed E-state index contributed by atoms with van der Waals surface area (Å²) in [6, 6.07) is 5.36. The lowest BCUT2D eigenvalue weighted by Crippen LogP contribution is -2.38. The predicted octanol–water partition coefficient (Wildman–Crippen LogP) is 0.643. The van der Waals surface area contributed by atoms with Crippen LogP contribution in [0.1, 0.15) is 11.0 Å². The molecule has 7 heteroatoms. The van der Waals surface area contributed by atoms with Gasteiger partial charge in [0.25, 0.3) is 0 Å². The van der Waals surface area contributed by atoms with Crippen LogP contribution in [0.4, 0.5) is 0 Å². The lowest BCUT2D eigenvalue weighted by Gasteiger charge is -2.08. The molecule has 2 amide bonds. The van der Waals surface area contributed by atoms with Crippen LogP contribution in [0.25, 0.3) is 11.3 Å². The van der Waals surface area contributed by atoms with Gasteiger partial charge in [0, 0.05) is 22.4 Å². The summed E-state index contributed by atoms with van der Waals surface area (Å²) >= 11 is 1.34. The van der Waals surface area contributed by atoms with E-state index in [0.717, 1.165) is 5.56 Å². The van der Waals surface area contributed by atoms with Crippen LogP contribution in [0, 0.1) is 0 Å². The van der Waals surface area contributed by atoms with E-state index in [0.29, 0.717) is 10.6 Å². The summed E-state index contributed by atoms with van der Waals surface area (Å²) in [5.74, 6) is -1.28. The highest BCUT2D eigenvalue weighted by Crippen LogP contribution is 2.29. The lowest BCUT2D eigenvalue weighted by atomic mass is 10.2. The molecule has 0 spiro atoms. The number of nitrogens with one attached hydrogen (secondary N) is 1. The molecular formula is C12H12N2O4S. The van der Waals surface area contributed by atoms with Crippen molar-refractivity contribution in [1.82, 2.24) is 5.32 Å². The van der Waals surface area contributed by atoms with Crippen LogP contribution < -0.4 is 11.1 Å². The Bertz CT molecular complexity index is 576. The standard InChI is InChI=1S/C12H12N2O4S/c13-11(16)12(17)14-5-8(15)10-4-7(6-19-10)9-2-1-3-18-9/h1-4,6,8,15H,5H2,(H2,13,16)(H,14,17). The Morgan fingerprint density at radius 2 is 2.32 bits per heavy atom. The number of aliphatic hydroxyl groups excluding tert-OH is 1. The monoisotopic (exact) mass is 280 g/mol. The van der Waals surface area contributed by atoms with Crippen molar-refractivity contribution in [2.75, 3.05) is 6.54 Å². The quantitative estimate of drug-likeness (QED) is 0.715. The third-order valence-corrected chi connectivity index (χ3v) is 3.47. The van der Waals surface area contributed by atoms with Gasteiger partial charge in [-0.15, -0.1) is 11.3 Å². The first-order valence-electron chi connectivity index (χ1n) is 5.46. The van der Waals surface area contributed by atoms with Crippen LogP contribution in [0.5, 0.6) is 0 Å². The van der Waals surface area contributed by atoms with Crippen molar-refractivity contribution in [1.29, 1.82) is 0 Å². The normalized spacial score (nSPS) is 12.1. The van der Waals surface area contributed by atoms with Crippen LogP contribution in [0.15, 0.2) is 34.3 Å². The topological polar surface area (TPSA) is 106 Å². The molecule has 2 heterocycles. The second kappa shape index (κ2) is 5.68.